The molecule has 1 aromatic heterocycles. The summed E-state index contributed by atoms with van der Waals surface area (Å²) in [5.41, 5.74) is 4.68. The first-order chi connectivity index (χ1) is 8.84. The Morgan fingerprint density at radius 1 is 1.11 bits per heavy atom. The number of nitrogens with two attached hydrogens (primary N) is 1. The zero-order valence-corrected chi connectivity index (χ0v) is 10.1. The fraction of sp³-hybridized carbons (Fsp3) is 0.0909. The molecule has 19 heavy (non-hydrogen) atoms. The number of benzene rings is 1. The SMILES string of the molecule is Nc1cnc(Nc2cc(Cl)cc(C(F)(F)F)c2)cn1. The van der Waals surface area contributed by atoms with Crippen molar-refractivity contribution in [2.24, 2.45) is 0 Å². The first kappa shape index (κ1) is 13.4. The van der Waals surface area contributed by atoms with Crippen LogP contribution in [0.3, 0.4) is 0 Å². The largest absolute Gasteiger partial charge is 0.416 e. The minimum Gasteiger partial charge on any atom is -0.382 e. The van der Waals surface area contributed by atoms with Crippen molar-refractivity contribution < 1.29 is 13.2 Å². The Labute approximate surface area is 111 Å². The van der Waals surface area contributed by atoms with Crippen molar-refractivity contribution in [1.82, 2.24) is 9.97 Å². The van der Waals surface area contributed by atoms with Gasteiger partial charge >= 0.3 is 6.18 Å². The van der Waals surface area contributed by atoms with Gasteiger partial charge < -0.3 is 11.1 Å². The average Bonchev–Trinajstić information content (AvgIpc) is 2.30. The Bertz CT molecular complexity index is 583. The van der Waals surface area contributed by atoms with Crippen LogP contribution in [0.25, 0.3) is 0 Å². The Kier molecular flexibility index (Phi) is 3.48. The second-order valence-electron chi connectivity index (χ2n) is 3.68. The van der Waals surface area contributed by atoms with E-state index in [4.69, 9.17) is 17.3 Å². The molecule has 2 rings (SSSR count). The van der Waals surface area contributed by atoms with Gasteiger partial charge in [-0.25, -0.2) is 9.97 Å². The summed E-state index contributed by atoms with van der Waals surface area (Å²) in [6.07, 6.45) is -1.87. The number of nitrogen functional groups attached to an aromatic ring is 1. The molecule has 4 nitrogen and oxygen atoms in total. The molecule has 2 aromatic rings. The molecule has 0 fully saturated rings. The second-order valence-corrected chi connectivity index (χ2v) is 4.11. The summed E-state index contributed by atoms with van der Waals surface area (Å²) in [5.74, 6) is 0.484. The quantitative estimate of drug-likeness (QED) is 0.888. The zero-order chi connectivity index (χ0) is 14.0. The van der Waals surface area contributed by atoms with E-state index >= 15 is 0 Å². The van der Waals surface area contributed by atoms with Crippen LogP contribution in [-0.2, 0) is 6.18 Å². The highest BCUT2D eigenvalue weighted by atomic mass is 35.5. The minimum absolute atomic E-state index is 0.0271. The first-order valence-electron chi connectivity index (χ1n) is 5.07. The van der Waals surface area contributed by atoms with Crippen LogP contribution >= 0.6 is 11.6 Å². The van der Waals surface area contributed by atoms with Gasteiger partial charge in [0, 0.05) is 10.7 Å². The number of hydrogen-bond acceptors (Lipinski definition) is 4. The van der Waals surface area contributed by atoms with Crippen molar-refractivity contribution in [2.75, 3.05) is 11.1 Å². The maximum Gasteiger partial charge on any atom is 0.416 e. The van der Waals surface area contributed by atoms with Crippen molar-refractivity contribution >= 4 is 28.9 Å². The lowest BCUT2D eigenvalue weighted by molar-refractivity contribution is -0.137. The van der Waals surface area contributed by atoms with Gasteiger partial charge in [0.25, 0.3) is 0 Å². The monoisotopic (exact) mass is 288 g/mol. The van der Waals surface area contributed by atoms with Crippen molar-refractivity contribution in [1.29, 1.82) is 0 Å². The smallest absolute Gasteiger partial charge is 0.382 e. The van der Waals surface area contributed by atoms with Crippen LogP contribution in [0.5, 0.6) is 0 Å². The molecule has 0 radical (unpaired) electrons. The standard InChI is InChI=1S/C11H8ClF3N4/c12-7-1-6(11(13,14)15)2-8(3-7)19-10-5-17-9(16)4-18-10/h1-5H,(H2,16,17)(H,18,19). The lowest BCUT2D eigenvalue weighted by Crippen LogP contribution is -2.06. The van der Waals surface area contributed by atoms with E-state index < -0.39 is 11.7 Å². The second kappa shape index (κ2) is 4.93. The minimum atomic E-state index is -4.46. The van der Waals surface area contributed by atoms with Gasteiger partial charge in [0.2, 0.25) is 0 Å². The van der Waals surface area contributed by atoms with Crippen molar-refractivity contribution in [3.8, 4) is 0 Å². The number of aromatic nitrogens is 2. The molecule has 8 heteroatoms. The number of nitrogens with zero attached hydrogens (tertiary/aromatic N) is 2. The molecule has 1 aromatic carbocycles. The first-order valence-corrected chi connectivity index (χ1v) is 5.45. The van der Waals surface area contributed by atoms with Crippen LogP contribution in [0.4, 0.5) is 30.5 Å². The number of hydrogen-bond donors (Lipinski definition) is 2. The molecular formula is C11H8ClF3N4. The predicted molar refractivity (Wildman–Crippen MR) is 66.2 cm³/mol. The molecule has 1 heterocycles. The van der Waals surface area contributed by atoms with Gasteiger partial charge in [0.05, 0.1) is 18.0 Å². The Morgan fingerprint density at radius 2 is 1.84 bits per heavy atom. The van der Waals surface area contributed by atoms with Gasteiger partial charge in [0.15, 0.2) is 0 Å². The molecule has 0 aliphatic carbocycles. The van der Waals surface area contributed by atoms with E-state index in [1.165, 1.54) is 18.5 Å². The summed E-state index contributed by atoms with van der Waals surface area (Å²) in [7, 11) is 0. The van der Waals surface area contributed by atoms with E-state index in [1.807, 2.05) is 0 Å². The number of halogens is 4. The van der Waals surface area contributed by atoms with Gasteiger partial charge in [-0.1, -0.05) is 11.6 Å². The lowest BCUT2D eigenvalue weighted by Gasteiger charge is -2.11. The fourth-order valence-corrected chi connectivity index (χ4v) is 1.61. The molecule has 0 aliphatic rings. The summed E-state index contributed by atoms with van der Waals surface area (Å²) < 4.78 is 37.8. The number of alkyl halides is 3. The van der Waals surface area contributed by atoms with Crippen molar-refractivity contribution in [3.05, 3.63) is 41.2 Å². The Hall–Kier alpha value is -2.02. The van der Waals surface area contributed by atoms with Crippen LogP contribution < -0.4 is 11.1 Å². The van der Waals surface area contributed by atoms with Crippen LogP contribution in [-0.4, -0.2) is 9.97 Å². The molecule has 0 saturated carbocycles. The summed E-state index contributed by atoms with van der Waals surface area (Å²) >= 11 is 5.65. The molecular weight excluding hydrogens is 281 g/mol. The van der Waals surface area contributed by atoms with E-state index in [1.54, 1.807) is 0 Å². The van der Waals surface area contributed by atoms with E-state index in [0.29, 0.717) is 0 Å². The van der Waals surface area contributed by atoms with Gasteiger partial charge in [-0.3, -0.25) is 0 Å². The molecule has 0 unspecified atom stereocenters. The zero-order valence-electron chi connectivity index (χ0n) is 9.37. The summed E-state index contributed by atoms with van der Waals surface area (Å²) in [5, 5.41) is 2.64. The number of rotatable bonds is 2. The topological polar surface area (TPSA) is 63.8 Å². The van der Waals surface area contributed by atoms with Crippen LogP contribution in [0.15, 0.2) is 30.6 Å². The van der Waals surface area contributed by atoms with E-state index in [2.05, 4.69) is 15.3 Å². The molecule has 0 saturated heterocycles. The maximum atomic E-state index is 12.6. The molecule has 0 bridgehead atoms. The third kappa shape index (κ3) is 3.47. The van der Waals surface area contributed by atoms with E-state index in [0.717, 1.165) is 12.1 Å². The fourth-order valence-electron chi connectivity index (χ4n) is 1.38. The predicted octanol–water partition coefficient (Wildman–Crippen LogP) is 3.47. The third-order valence-corrected chi connectivity index (χ3v) is 2.39. The van der Waals surface area contributed by atoms with Crippen LogP contribution in [0.2, 0.25) is 5.02 Å². The maximum absolute atomic E-state index is 12.6. The number of nitrogens with one attached hydrogen (secondary N) is 1. The third-order valence-electron chi connectivity index (χ3n) is 2.17. The molecule has 0 aliphatic heterocycles. The highest BCUT2D eigenvalue weighted by molar-refractivity contribution is 6.31. The molecule has 0 atom stereocenters. The van der Waals surface area contributed by atoms with Gasteiger partial charge in [-0.05, 0) is 18.2 Å². The Balaban J connectivity index is 2.30. The number of anilines is 3. The van der Waals surface area contributed by atoms with E-state index in [-0.39, 0.29) is 22.3 Å². The summed E-state index contributed by atoms with van der Waals surface area (Å²) in [6, 6.07) is 3.14. The molecule has 0 spiro atoms. The van der Waals surface area contributed by atoms with Gasteiger partial charge in [0.1, 0.15) is 11.6 Å². The Morgan fingerprint density at radius 3 is 2.42 bits per heavy atom. The van der Waals surface area contributed by atoms with E-state index in [9.17, 15) is 13.2 Å². The summed E-state index contributed by atoms with van der Waals surface area (Å²) in [4.78, 5) is 7.64. The lowest BCUT2D eigenvalue weighted by atomic mass is 10.2. The van der Waals surface area contributed by atoms with Gasteiger partial charge in [-0.15, -0.1) is 0 Å². The highest BCUT2D eigenvalue weighted by Gasteiger charge is 2.31. The normalized spacial score (nSPS) is 11.4. The summed E-state index contributed by atoms with van der Waals surface area (Å²) in [6.45, 7) is 0. The molecule has 100 valence electrons. The van der Waals surface area contributed by atoms with Gasteiger partial charge in [-0.2, -0.15) is 13.2 Å². The highest BCUT2D eigenvalue weighted by Crippen LogP contribution is 2.33. The average molecular weight is 289 g/mol. The molecule has 0 amide bonds. The van der Waals surface area contributed by atoms with Crippen molar-refractivity contribution in [2.45, 2.75) is 6.18 Å². The van der Waals surface area contributed by atoms with Crippen molar-refractivity contribution in [3.63, 3.8) is 0 Å². The molecule has 3 N–H and O–H groups in total. The van der Waals surface area contributed by atoms with Crippen LogP contribution in [0.1, 0.15) is 5.56 Å². The van der Waals surface area contributed by atoms with Crippen LogP contribution in [0, 0.1) is 0 Å².